The van der Waals surface area contributed by atoms with Gasteiger partial charge in [-0.15, -0.1) is 0 Å². The van der Waals surface area contributed by atoms with E-state index in [4.69, 9.17) is 23.2 Å². The van der Waals surface area contributed by atoms with E-state index in [1.165, 1.54) is 0 Å². The van der Waals surface area contributed by atoms with Crippen molar-refractivity contribution in [1.29, 1.82) is 0 Å². The van der Waals surface area contributed by atoms with Crippen molar-refractivity contribution in [3.8, 4) is 0 Å². The van der Waals surface area contributed by atoms with Crippen LogP contribution >= 0.6 is 23.2 Å². The van der Waals surface area contributed by atoms with Crippen molar-refractivity contribution in [3.63, 3.8) is 0 Å². The lowest BCUT2D eigenvalue weighted by molar-refractivity contribution is 0.103. The summed E-state index contributed by atoms with van der Waals surface area (Å²) in [6.07, 6.45) is 0. The molecule has 0 aliphatic rings. The second-order valence-electron chi connectivity index (χ2n) is 4.88. The number of carbonyl (C=O) groups is 1. The summed E-state index contributed by atoms with van der Waals surface area (Å²) < 4.78 is 0. The summed E-state index contributed by atoms with van der Waals surface area (Å²) in [7, 11) is 0. The lowest BCUT2D eigenvalue weighted by Gasteiger charge is -2.10. The van der Waals surface area contributed by atoms with Gasteiger partial charge in [0.25, 0.3) is 0 Å². The molecular formula is C18H12Cl2O. The van der Waals surface area contributed by atoms with Crippen LogP contribution in [0.1, 0.15) is 21.5 Å². The van der Waals surface area contributed by atoms with E-state index < -0.39 is 0 Å². The highest BCUT2D eigenvalue weighted by Gasteiger charge is 2.16. The Morgan fingerprint density at radius 3 is 2.24 bits per heavy atom. The number of ketones is 1. The minimum Gasteiger partial charge on any atom is -0.289 e. The molecule has 3 rings (SSSR count). The monoisotopic (exact) mass is 314 g/mol. The van der Waals surface area contributed by atoms with Gasteiger partial charge < -0.3 is 0 Å². The van der Waals surface area contributed by atoms with Crippen LogP contribution in [-0.2, 0) is 0 Å². The number of benzene rings is 3. The third kappa shape index (κ3) is 2.44. The molecule has 0 N–H and O–H groups in total. The molecule has 3 aromatic carbocycles. The van der Waals surface area contributed by atoms with Crippen molar-refractivity contribution in [2.75, 3.05) is 0 Å². The Morgan fingerprint density at radius 2 is 1.48 bits per heavy atom. The van der Waals surface area contributed by atoms with E-state index >= 15 is 0 Å². The Balaban J connectivity index is 2.23. The van der Waals surface area contributed by atoms with Gasteiger partial charge in [0, 0.05) is 26.6 Å². The summed E-state index contributed by atoms with van der Waals surface area (Å²) in [6, 6.07) is 16.5. The third-order valence-corrected chi connectivity index (χ3v) is 4.37. The first-order chi connectivity index (χ1) is 10.1. The van der Waals surface area contributed by atoms with Gasteiger partial charge in [0.15, 0.2) is 5.78 Å². The fourth-order valence-corrected chi connectivity index (χ4v) is 2.86. The highest BCUT2D eigenvalue weighted by molar-refractivity contribution is 6.36. The highest BCUT2D eigenvalue weighted by Crippen LogP contribution is 2.29. The standard InChI is InChI=1S/C18H12Cl2O/c1-11-12(7-4-8-16(11)19)18(21)15-9-10-17(20)14-6-3-2-5-13(14)15/h2-10H,1H3. The van der Waals surface area contributed by atoms with Crippen LogP contribution in [-0.4, -0.2) is 5.78 Å². The van der Waals surface area contributed by atoms with Crippen molar-refractivity contribution >= 4 is 39.8 Å². The molecule has 3 heteroatoms. The molecule has 21 heavy (non-hydrogen) atoms. The molecule has 0 spiro atoms. The molecule has 3 aromatic rings. The maximum atomic E-state index is 12.8. The van der Waals surface area contributed by atoms with Gasteiger partial charge in [0.1, 0.15) is 0 Å². The number of fused-ring (bicyclic) bond motifs is 1. The summed E-state index contributed by atoms with van der Waals surface area (Å²) in [6.45, 7) is 1.85. The minimum atomic E-state index is -0.0390. The van der Waals surface area contributed by atoms with Crippen LogP contribution in [0, 0.1) is 6.92 Å². The Kier molecular flexibility index (Phi) is 3.71. The van der Waals surface area contributed by atoms with Crippen LogP contribution in [0.25, 0.3) is 10.8 Å². The lowest BCUT2D eigenvalue weighted by Crippen LogP contribution is -2.04. The highest BCUT2D eigenvalue weighted by atomic mass is 35.5. The first-order valence-corrected chi connectivity index (χ1v) is 7.32. The molecule has 0 atom stereocenters. The molecule has 0 saturated heterocycles. The SMILES string of the molecule is Cc1c(Cl)cccc1C(=O)c1ccc(Cl)c2ccccc12. The van der Waals surface area contributed by atoms with Gasteiger partial charge in [-0.1, -0.05) is 59.6 Å². The maximum Gasteiger partial charge on any atom is 0.193 e. The van der Waals surface area contributed by atoms with Gasteiger partial charge in [-0.05, 0) is 36.1 Å². The van der Waals surface area contributed by atoms with E-state index in [2.05, 4.69) is 0 Å². The topological polar surface area (TPSA) is 17.1 Å². The minimum absolute atomic E-state index is 0.0390. The van der Waals surface area contributed by atoms with Crippen LogP contribution in [0.15, 0.2) is 54.6 Å². The van der Waals surface area contributed by atoms with Gasteiger partial charge in [-0.2, -0.15) is 0 Å². The van der Waals surface area contributed by atoms with Gasteiger partial charge in [0.05, 0.1) is 0 Å². The van der Waals surface area contributed by atoms with Crippen molar-refractivity contribution in [3.05, 3.63) is 81.3 Å². The van der Waals surface area contributed by atoms with Crippen LogP contribution < -0.4 is 0 Å². The number of rotatable bonds is 2. The molecule has 0 saturated carbocycles. The Morgan fingerprint density at radius 1 is 0.762 bits per heavy atom. The van der Waals surface area contributed by atoms with Crippen molar-refractivity contribution in [1.82, 2.24) is 0 Å². The molecule has 0 aliphatic carbocycles. The predicted molar refractivity (Wildman–Crippen MR) is 88.6 cm³/mol. The van der Waals surface area contributed by atoms with E-state index in [0.717, 1.165) is 16.3 Å². The summed E-state index contributed by atoms with van der Waals surface area (Å²) in [5.41, 5.74) is 2.05. The molecule has 0 unspecified atom stereocenters. The van der Waals surface area contributed by atoms with Gasteiger partial charge in [0.2, 0.25) is 0 Å². The van der Waals surface area contributed by atoms with Gasteiger partial charge >= 0.3 is 0 Å². The molecule has 0 amide bonds. The van der Waals surface area contributed by atoms with E-state index in [1.54, 1.807) is 30.3 Å². The fourth-order valence-electron chi connectivity index (χ4n) is 2.46. The van der Waals surface area contributed by atoms with E-state index in [9.17, 15) is 4.79 Å². The van der Waals surface area contributed by atoms with E-state index in [0.29, 0.717) is 21.2 Å². The zero-order valence-corrected chi connectivity index (χ0v) is 12.9. The van der Waals surface area contributed by atoms with Crippen LogP contribution in [0.2, 0.25) is 10.0 Å². The van der Waals surface area contributed by atoms with Crippen molar-refractivity contribution in [2.24, 2.45) is 0 Å². The average Bonchev–Trinajstić information content (AvgIpc) is 2.50. The molecule has 0 aromatic heterocycles. The summed E-state index contributed by atoms with van der Waals surface area (Å²) >= 11 is 12.3. The van der Waals surface area contributed by atoms with E-state index in [1.807, 2.05) is 31.2 Å². The van der Waals surface area contributed by atoms with Crippen molar-refractivity contribution < 1.29 is 4.79 Å². The van der Waals surface area contributed by atoms with Crippen molar-refractivity contribution in [2.45, 2.75) is 6.92 Å². The largest absolute Gasteiger partial charge is 0.289 e. The smallest absolute Gasteiger partial charge is 0.193 e. The molecule has 1 nitrogen and oxygen atoms in total. The lowest BCUT2D eigenvalue weighted by atomic mass is 9.95. The Labute approximate surface area is 133 Å². The normalized spacial score (nSPS) is 10.8. The predicted octanol–water partition coefficient (Wildman–Crippen LogP) is 5.69. The zero-order chi connectivity index (χ0) is 15.0. The first kappa shape index (κ1) is 14.1. The zero-order valence-electron chi connectivity index (χ0n) is 11.4. The quantitative estimate of drug-likeness (QED) is 0.556. The number of halogens is 2. The molecule has 0 bridgehead atoms. The third-order valence-electron chi connectivity index (χ3n) is 3.63. The Bertz CT molecular complexity index is 853. The molecule has 0 fully saturated rings. The molecule has 104 valence electrons. The second-order valence-corrected chi connectivity index (χ2v) is 5.70. The summed E-state index contributed by atoms with van der Waals surface area (Å²) in [4.78, 5) is 12.8. The van der Waals surface area contributed by atoms with Crippen LogP contribution in [0.4, 0.5) is 0 Å². The number of hydrogen-bond acceptors (Lipinski definition) is 1. The van der Waals surface area contributed by atoms with Gasteiger partial charge in [-0.25, -0.2) is 0 Å². The van der Waals surface area contributed by atoms with Gasteiger partial charge in [-0.3, -0.25) is 4.79 Å². The average molecular weight is 315 g/mol. The summed E-state index contributed by atoms with van der Waals surface area (Å²) in [5.74, 6) is -0.0390. The molecular weight excluding hydrogens is 303 g/mol. The second kappa shape index (κ2) is 5.51. The fraction of sp³-hybridized carbons (Fsp3) is 0.0556. The van der Waals surface area contributed by atoms with Crippen LogP contribution in [0.3, 0.4) is 0 Å². The van der Waals surface area contributed by atoms with E-state index in [-0.39, 0.29) is 5.78 Å². The number of hydrogen-bond donors (Lipinski definition) is 0. The first-order valence-electron chi connectivity index (χ1n) is 6.56. The summed E-state index contributed by atoms with van der Waals surface area (Å²) in [5, 5.41) is 2.98. The molecule has 0 radical (unpaired) electrons. The Hall–Kier alpha value is -1.83. The number of carbonyl (C=O) groups excluding carboxylic acids is 1. The van der Waals surface area contributed by atoms with Crippen LogP contribution in [0.5, 0.6) is 0 Å². The molecule has 0 heterocycles. The maximum absolute atomic E-state index is 12.8. The molecule has 0 aliphatic heterocycles.